The van der Waals surface area contributed by atoms with E-state index in [9.17, 15) is 30.0 Å². The third-order valence-electron chi connectivity index (χ3n) is 5.32. The average Bonchev–Trinajstić information content (AvgIpc) is 2.87. The minimum absolute atomic E-state index is 0.0472. The maximum atomic E-state index is 11.5. The van der Waals surface area contributed by atoms with Gasteiger partial charge in [-0.2, -0.15) is 0 Å². The number of aliphatic carboxylic acids is 1. The minimum Gasteiger partial charge on any atom is -0.481 e. The van der Waals surface area contributed by atoms with Gasteiger partial charge in [0.25, 0.3) is 0 Å². The summed E-state index contributed by atoms with van der Waals surface area (Å²) in [5, 5.41) is 49.8. The van der Waals surface area contributed by atoms with Crippen molar-refractivity contribution in [1.82, 2.24) is 0 Å². The zero-order valence-electron chi connectivity index (χ0n) is 23.1. The lowest BCUT2D eigenvalue weighted by molar-refractivity contribution is -0.141. The van der Waals surface area contributed by atoms with Crippen LogP contribution in [0.25, 0.3) is 0 Å². The summed E-state index contributed by atoms with van der Waals surface area (Å²) in [6.07, 6.45) is 14.7. The second-order valence-electron chi connectivity index (χ2n) is 9.38. The lowest BCUT2D eigenvalue weighted by Crippen LogP contribution is -2.42. The maximum absolute atomic E-state index is 11.5. The van der Waals surface area contributed by atoms with Crippen LogP contribution in [-0.2, 0) is 14.3 Å². The van der Waals surface area contributed by atoms with E-state index in [0.29, 0.717) is 5.92 Å². The van der Waals surface area contributed by atoms with Crippen molar-refractivity contribution in [3.05, 3.63) is 83.5 Å². The number of carboxylic acid groups (broad SMARTS) is 1. The van der Waals surface area contributed by atoms with Crippen LogP contribution in [0.3, 0.4) is 0 Å². The molecule has 0 spiro atoms. The second kappa shape index (κ2) is 21.1. The molecule has 0 rings (SSSR count). The normalized spacial score (nSPS) is 17.6. The van der Waals surface area contributed by atoms with Crippen molar-refractivity contribution in [3.63, 3.8) is 0 Å². The van der Waals surface area contributed by atoms with Crippen molar-refractivity contribution in [2.75, 3.05) is 6.61 Å². The molecule has 0 aromatic carbocycles. The Morgan fingerprint density at radius 1 is 0.846 bits per heavy atom. The summed E-state index contributed by atoms with van der Waals surface area (Å²) >= 11 is 6.27. The van der Waals surface area contributed by atoms with E-state index in [4.69, 9.17) is 21.4 Å². The number of halogens is 1. The molecule has 0 aromatic rings. The van der Waals surface area contributed by atoms with Gasteiger partial charge in [0.15, 0.2) is 0 Å². The minimum atomic E-state index is -1.50. The molecule has 0 aliphatic rings. The van der Waals surface area contributed by atoms with E-state index in [1.54, 1.807) is 55.5 Å². The molecule has 5 N–H and O–H groups in total. The lowest BCUT2D eigenvalue weighted by atomic mass is 9.93. The zero-order valence-corrected chi connectivity index (χ0v) is 23.8. The van der Waals surface area contributed by atoms with Crippen LogP contribution in [0, 0.1) is 11.8 Å². The van der Waals surface area contributed by atoms with Gasteiger partial charge >= 0.3 is 11.9 Å². The van der Waals surface area contributed by atoms with E-state index < -0.39 is 42.3 Å². The van der Waals surface area contributed by atoms with Crippen molar-refractivity contribution in [1.29, 1.82) is 0 Å². The largest absolute Gasteiger partial charge is 0.481 e. The van der Waals surface area contributed by atoms with Gasteiger partial charge in [-0.1, -0.05) is 98.7 Å². The summed E-state index contributed by atoms with van der Waals surface area (Å²) in [5.41, 5.74) is 0.870. The molecule has 9 heteroatoms. The van der Waals surface area contributed by atoms with E-state index in [1.165, 1.54) is 18.2 Å². The number of hydrogen-bond donors (Lipinski definition) is 5. The van der Waals surface area contributed by atoms with Crippen molar-refractivity contribution in [2.45, 2.75) is 71.4 Å². The van der Waals surface area contributed by atoms with Gasteiger partial charge in [0.05, 0.1) is 24.9 Å². The zero-order chi connectivity index (χ0) is 29.8. The molecule has 39 heavy (non-hydrogen) atoms. The average molecular weight is 567 g/mol. The molecule has 0 radical (unpaired) electrons. The third kappa shape index (κ3) is 19.0. The van der Waals surface area contributed by atoms with Gasteiger partial charge < -0.3 is 30.3 Å². The van der Waals surface area contributed by atoms with Gasteiger partial charge in [-0.25, -0.2) is 4.79 Å². The predicted molar refractivity (Wildman–Crippen MR) is 154 cm³/mol. The van der Waals surface area contributed by atoms with Gasteiger partial charge in [0.1, 0.15) is 6.10 Å². The Morgan fingerprint density at radius 2 is 1.46 bits per heavy atom. The first kappa shape index (κ1) is 36.2. The van der Waals surface area contributed by atoms with Crippen LogP contribution in [0.4, 0.5) is 0 Å². The van der Waals surface area contributed by atoms with Crippen LogP contribution < -0.4 is 0 Å². The molecule has 0 heterocycles. The Morgan fingerprint density at radius 3 is 2.10 bits per heavy atom. The number of aliphatic hydroxyl groups is 4. The Kier molecular flexibility index (Phi) is 19.6. The van der Waals surface area contributed by atoms with Gasteiger partial charge in [-0.15, -0.1) is 0 Å². The highest BCUT2D eigenvalue weighted by Gasteiger charge is 2.31. The molecule has 0 saturated heterocycles. The van der Waals surface area contributed by atoms with Crippen LogP contribution in [-0.4, -0.2) is 68.5 Å². The number of aliphatic hydroxyl groups excluding tert-OH is 4. The van der Waals surface area contributed by atoms with Crippen LogP contribution >= 0.6 is 11.6 Å². The van der Waals surface area contributed by atoms with Crippen molar-refractivity contribution in [3.8, 4) is 0 Å². The molecule has 0 saturated carbocycles. The highest BCUT2D eigenvalue weighted by molar-refractivity contribution is 6.30. The molecule has 5 unspecified atom stereocenters. The summed E-state index contributed by atoms with van der Waals surface area (Å²) in [5.74, 6) is -1.78. The van der Waals surface area contributed by atoms with E-state index in [-0.39, 0.29) is 30.9 Å². The van der Waals surface area contributed by atoms with Crippen LogP contribution in [0.5, 0.6) is 0 Å². The fourth-order valence-corrected chi connectivity index (χ4v) is 3.18. The number of rotatable bonds is 18. The number of carbonyl (C=O) groups is 2. The van der Waals surface area contributed by atoms with Gasteiger partial charge in [0.2, 0.25) is 0 Å². The molecular weight excluding hydrogens is 524 g/mol. The monoisotopic (exact) mass is 566 g/mol. The van der Waals surface area contributed by atoms with Gasteiger partial charge in [-0.3, -0.25) is 4.79 Å². The number of esters is 1. The predicted octanol–water partition coefficient (Wildman–Crippen LogP) is 4.37. The first-order chi connectivity index (χ1) is 18.3. The van der Waals surface area contributed by atoms with E-state index in [0.717, 1.165) is 5.57 Å². The Hall–Kier alpha value is -2.75. The number of allylic oxidation sites excluding steroid dienone is 11. The van der Waals surface area contributed by atoms with Crippen LogP contribution in [0.15, 0.2) is 83.5 Å². The second-order valence-corrected chi connectivity index (χ2v) is 9.82. The maximum Gasteiger partial charge on any atom is 0.330 e. The molecule has 0 bridgehead atoms. The fraction of sp³-hybridized carbons (Fsp3) is 0.467. The summed E-state index contributed by atoms with van der Waals surface area (Å²) in [4.78, 5) is 21.9. The van der Waals surface area contributed by atoms with Gasteiger partial charge in [0, 0.05) is 29.9 Å². The van der Waals surface area contributed by atoms with Crippen LogP contribution in [0.1, 0.15) is 47.0 Å². The first-order valence-corrected chi connectivity index (χ1v) is 13.2. The molecular formula is C30H43ClO8. The number of carbonyl (C=O) groups excluding carboxylic acids is 1. The summed E-state index contributed by atoms with van der Waals surface area (Å²) in [7, 11) is 0. The topological polar surface area (TPSA) is 145 Å². The molecule has 0 aromatic heterocycles. The smallest absolute Gasteiger partial charge is 0.330 e. The molecule has 0 amide bonds. The molecule has 0 aliphatic carbocycles. The number of carboxylic acids is 1. The Labute approximate surface area is 236 Å². The molecule has 0 aliphatic heterocycles. The molecule has 5 atom stereocenters. The SMILES string of the molecule is CC(/C=C/C=C/C(=O)OCCCC(=O)O)=C\C=C\C=C(/Cl)C(C)C(O)C(O)C(O)CC(O)/C=C/C=C/C(C)C. The summed E-state index contributed by atoms with van der Waals surface area (Å²) < 4.78 is 4.88. The summed E-state index contributed by atoms with van der Waals surface area (Å²) in [6, 6.07) is 0. The van der Waals surface area contributed by atoms with E-state index in [2.05, 4.69) is 0 Å². The van der Waals surface area contributed by atoms with Crippen molar-refractivity contribution in [2.24, 2.45) is 11.8 Å². The molecule has 0 fully saturated rings. The van der Waals surface area contributed by atoms with Crippen LogP contribution in [0.2, 0.25) is 0 Å². The molecule has 218 valence electrons. The third-order valence-corrected chi connectivity index (χ3v) is 5.79. The highest BCUT2D eigenvalue weighted by atomic mass is 35.5. The first-order valence-electron chi connectivity index (χ1n) is 12.9. The van der Waals surface area contributed by atoms with E-state index >= 15 is 0 Å². The Bertz CT molecular complexity index is 943. The Balaban J connectivity index is 4.71. The number of ether oxygens (including phenoxy) is 1. The number of hydrogen-bond acceptors (Lipinski definition) is 7. The van der Waals surface area contributed by atoms with Crippen molar-refractivity contribution >= 4 is 23.5 Å². The fourth-order valence-electron chi connectivity index (χ4n) is 2.98. The lowest BCUT2D eigenvalue weighted by Gasteiger charge is -2.27. The van der Waals surface area contributed by atoms with Crippen molar-refractivity contribution < 1.29 is 39.9 Å². The standard InChI is InChI=1S/C30H43ClO8/c1-21(2)12-5-8-15-24(32)20-26(33)30(38)29(37)23(4)25(31)16-9-6-13-22(3)14-7-10-18-28(36)39-19-11-17-27(34)35/h5-10,12-16,18,21,23-24,26,29-30,32-33,37-38H,11,17,19-20H2,1-4H3,(H,34,35)/b9-6+,12-5+,14-7+,15-8+,18-10+,22-13+,25-16-. The van der Waals surface area contributed by atoms with Gasteiger partial charge in [-0.05, 0) is 25.3 Å². The molecule has 8 nitrogen and oxygen atoms in total. The highest BCUT2D eigenvalue weighted by Crippen LogP contribution is 2.23. The van der Waals surface area contributed by atoms with E-state index in [1.807, 2.05) is 26.8 Å². The summed E-state index contributed by atoms with van der Waals surface area (Å²) in [6.45, 7) is 7.56. The quantitative estimate of drug-likeness (QED) is 0.0712.